The number of nitrogens with one attached hydrogen (secondary N) is 1. The van der Waals surface area contributed by atoms with Gasteiger partial charge in [-0.2, -0.15) is 0 Å². The highest BCUT2D eigenvalue weighted by Gasteiger charge is 2.43. The van der Waals surface area contributed by atoms with Crippen molar-refractivity contribution < 1.29 is 9.90 Å². The number of nitrogens with zero attached hydrogens (tertiary/aromatic N) is 1. The lowest BCUT2D eigenvalue weighted by Crippen LogP contribution is -2.60. The van der Waals surface area contributed by atoms with Crippen LogP contribution in [0.4, 0.5) is 0 Å². The van der Waals surface area contributed by atoms with E-state index in [1.54, 1.807) is 0 Å². The molecule has 0 spiro atoms. The maximum Gasteiger partial charge on any atom is 0.322 e. The van der Waals surface area contributed by atoms with Gasteiger partial charge in [-0.05, 0) is 30.1 Å². The van der Waals surface area contributed by atoms with E-state index in [1.807, 2.05) is 0 Å². The van der Waals surface area contributed by atoms with Gasteiger partial charge in [0.05, 0.1) is 0 Å². The Kier molecular flexibility index (Phi) is 3.94. The average molecular weight is 268 g/mol. The second-order valence-corrected chi connectivity index (χ2v) is 7.86. The minimum Gasteiger partial charge on any atom is -0.480 e. The zero-order valence-electron chi connectivity index (χ0n) is 12.7. The lowest BCUT2D eigenvalue weighted by molar-refractivity contribution is -0.146. The van der Waals surface area contributed by atoms with Crippen LogP contribution in [0.2, 0.25) is 0 Å². The van der Waals surface area contributed by atoms with E-state index in [1.165, 1.54) is 6.42 Å². The number of carboxylic acid groups (broad SMARTS) is 1. The van der Waals surface area contributed by atoms with Gasteiger partial charge < -0.3 is 10.4 Å². The van der Waals surface area contributed by atoms with Crippen LogP contribution in [0.25, 0.3) is 0 Å². The summed E-state index contributed by atoms with van der Waals surface area (Å²) >= 11 is 0. The highest BCUT2D eigenvalue weighted by molar-refractivity contribution is 5.74. The summed E-state index contributed by atoms with van der Waals surface area (Å²) < 4.78 is 0. The average Bonchev–Trinajstić information content (AvgIpc) is 2.24. The number of piperazine rings is 1. The Labute approximate surface area is 116 Å². The standard InChI is InChI=1S/C15H28N2O2/c1-14(2)7-11(8-15(3,4)10-14)17-6-5-16-9-12(17)13(18)19/h11-12,16H,5-10H2,1-4H3,(H,18,19). The van der Waals surface area contributed by atoms with E-state index in [9.17, 15) is 9.90 Å². The molecule has 2 rings (SSSR count). The molecule has 0 aromatic rings. The minimum atomic E-state index is -0.687. The minimum absolute atomic E-state index is 0.306. The van der Waals surface area contributed by atoms with Crippen molar-refractivity contribution in [3.05, 3.63) is 0 Å². The smallest absolute Gasteiger partial charge is 0.322 e. The van der Waals surface area contributed by atoms with Gasteiger partial charge in [-0.3, -0.25) is 9.69 Å². The third kappa shape index (κ3) is 3.48. The second kappa shape index (κ2) is 5.06. The summed E-state index contributed by atoms with van der Waals surface area (Å²) in [5, 5.41) is 12.6. The normalized spacial score (nSPS) is 32.1. The van der Waals surface area contributed by atoms with Crippen molar-refractivity contribution in [1.29, 1.82) is 0 Å². The van der Waals surface area contributed by atoms with Crippen molar-refractivity contribution in [3.63, 3.8) is 0 Å². The van der Waals surface area contributed by atoms with E-state index < -0.39 is 5.97 Å². The molecule has 0 bridgehead atoms. The van der Waals surface area contributed by atoms with Gasteiger partial charge in [0, 0.05) is 25.7 Å². The Hall–Kier alpha value is -0.610. The lowest BCUT2D eigenvalue weighted by atomic mass is 9.63. The first kappa shape index (κ1) is 14.8. The monoisotopic (exact) mass is 268 g/mol. The van der Waals surface area contributed by atoms with Crippen LogP contribution in [0.5, 0.6) is 0 Å². The molecule has 2 fully saturated rings. The van der Waals surface area contributed by atoms with E-state index in [0.717, 1.165) is 25.9 Å². The quantitative estimate of drug-likeness (QED) is 0.804. The molecule has 1 heterocycles. The molecule has 1 saturated heterocycles. The van der Waals surface area contributed by atoms with Gasteiger partial charge in [-0.15, -0.1) is 0 Å². The Morgan fingerprint density at radius 2 is 1.79 bits per heavy atom. The summed E-state index contributed by atoms with van der Waals surface area (Å²) in [5.74, 6) is -0.687. The molecule has 19 heavy (non-hydrogen) atoms. The Balaban J connectivity index is 2.16. The molecule has 2 N–H and O–H groups in total. The molecule has 0 aromatic heterocycles. The van der Waals surface area contributed by atoms with Gasteiger partial charge in [0.15, 0.2) is 0 Å². The van der Waals surface area contributed by atoms with Crippen molar-refractivity contribution in [3.8, 4) is 0 Å². The van der Waals surface area contributed by atoms with E-state index in [0.29, 0.717) is 23.4 Å². The maximum absolute atomic E-state index is 11.4. The van der Waals surface area contributed by atoms with Gasteiger partial charge in [-0.25, -0.2) is 0 Å². The third-order valence-electron chi connectivity index (χ3n) is 4.57. The molecule has 110 valence electrons. The summed E-state index contributed by atoms with van der Waals surface area (Å²) in [6, 6.07) is 0.0467. The summed E-state index contributed by atoms with van der Waals surface area (Å²) in [4.78, 5) is 13.7. The number of carbonyl (C=O) groups is 1. The molecule has 0 radical (unpaired) electrons. The van der Waals surface area contributed by atoms with Crippen LogP contribution in [0.15, 0.2) is 0 Å². The molecule has 0 amide bonds. The molecule has 4 nitrogen and oxygen atoms in total. The summed E-state index contributed by atoms with van der Waals surface area (Å²) in [6.45, 7) is 11.6. The molecule has 1 saturated carbocycles. The van der Waals surface area contributed by atoms with Gasteiger partial charge in [-0.1, -0.05) is 27.7 Å². The van der Waals surface area contributed by atoms with Crippen LogP contribution in [0.1, 0.15) is 47.0 Å². The highest BCUT2D eigenvalue weighted by Crippen LogP contribution is 2.47. The summed E-state index contributed by atoms with van der Waals surface area (Å²) in [5.41, 5.74) is 0.612. The molecular weight excluding hydrogens is 240 g/mol. The van der Waals surface area contributed by atoms with Crippen LogP contribution < -0.4 is 5.32 Å². The first-order valence-corrected chi connectivity index (χ1v) is 7.40. The molecule has 2 aliphatic rings. The van der Waals surface area contributed by atoms with Crippen LogP contribution in [0, 0.1) is 10.8 Å². The summed E-state index contributed by atoms with van der Waals surface area (Å²) in [7, 11) is 0. The number of aliphatic carboxylic acids is 1. The topological polar surface area (TPSA) is 52.6 Å². The number of hydrogen-bond acceptors (Lipinski definition) is 3. The van der Waals surface area contributed by atoms with Crippen LogP contribution >= 0.6 is 0 Å². The molecule has 1 atom stereocenters. The predicted octanol–water partition coefficient (Wildman–Crippen LogP) is 1.95. The molecule has 1 aliphatic carbocycles. The Morgan fingerprint density at radius 3 is 2.32 bits per heavy atom. The largest absolute Gasteiger partial charge is 0.480 e. The van der Waals surface area contributed by atoms with Gasteiger partial charge in [0.1, 0.15) is 6.04 Å². The Morgan fingerprint density at radius 1 is 1.21 bits per heavy atom. The fraction of sp³-hybridized carbons (Fsp3) is 0.933. The molecular formula is C15H28N2O2. The lowest BCUT2D eigenvalue weighted by Gasteiger charge is -2.50. The van der Waals surface area contributed by atoms with Crippen molar-refractivity contribution >= 4 is 5.97 Å². The van der Waals surface area contributed by atoms with E-state index in [-0.39, 0.29) is 6.04 Å². The molecule has 0 aromatic carbocycles. The molecule has 1 aliphatic heterocycles. The van der Waals surface area contributed by atoms with E-state index in [4.69, 9.17) is 0 Å². The van der Waals surface area contributed by atoms with Crippen LogP contribution in [-0.4, -0.2) is 47.7 Å². The van der Waals surface area contributed by atoms with Crippen molar-refractivity contribution in [2.24, 2.45) is 10.8 Å². The maximum atomic E-state index is 11.4. The van der Waals surface area contributed by atoms with Crippen molar-refractivity contribution in [2.75, 3.05) is 19.6 Å². The van der Waals surface area contributed by atoms with E-state index in [2.05, 4.69) is 37.9 Å². The first-order valence-electron chi connectivity index (χ1n) is 7.40. The predicted molar refractivity (Wildman–Crippen MR) is 76.2 cm³/mol. The fourth-order valence-electron chi connectivity index (χ4n) is 4.41. The fourth-order valence-corrected chi connectivity index (χ4v) is 4.41. The summed E-state index contributed by atoms with van der Waals surface area (Å²) in [6.07, 6.45) is 3.45. The Bertz CT molecular complexity index is 336. The van der Waals surface area contributed by atoms with Crippen LogP contribution in [-0.2, 0) is 4.79 Å². The highest BCUT2D eigenvalue weighted by atomic mass is 16.4. The van der Waals surface area contributed by atoms with Crippen molar-refractivity contribution in [1.82, 2.24) is 10.2 Å². The zero-order chi connectivity index (χ0) is 14.3. The number of carboxylic acids is 1. The van der Waals surface area contributed by atoms with Gasteiger partial charge in [0.25, 0.3) is 0 Å². The first-order chi connectivity index (χ1) is 8.70. The van der Waals surface area contributed by atoms with Crippen LogP contribution in [0.3, 0.4) is 0 Å². The zero-order valence-corrected chi connectivity index (χ0v) is 12.7. The SMILES string of the molecule is CC1(C)CC(N2CCNCC2C(=O)O)CC(C)(C)C1. The van der Waals surface area contributed by atoms with Gasteiger partial charge >= 0.3 is 5.97 Å². The number of hydrogen-bond donors (Lipinski definition) is 2. The molecule has 4 heteroatoms. The number of rotatable bonds is 2. The van der Waals surface area contributed by atoms with E-state index >= 15 is 0 Å². The second-order valence-electron chi connectivity index (χ2n) is 7.86. The third-order valence-corrected chi connectivity index (χ3v) is 4.57. The van der Waals surface area contributed by atoms with Crippen molar-refractivity contribution in [2.45, 2.75) is 59.0 Å². The molecule has 1 unspecified atom stereocenters. The van der Waals surface area contributed by atoms with Gasteiger partial charge in [0.2, 0.25) is 0 Å².